The Balaban J connectivity index is 0.000000433. The molecule has 1 saturated carbocycles. The molecule has 0 spiro atoms. The maximum Gasteiger partial charge on any atom is 0.133 e. The summed E-state index contributed by atoms with van der Waals surface area (Å²) in [6.07, 6.45) is 5.55. The topological polar surface area (TPSA) is 17.1 Å². The molecule has 0 amide bonds. The molecule has 1 nitrogen and oxygen atoms in total. The van der Waals surface area contributed by atoms with E-state index in [1.807, 2.05) is 0 Å². The Morgan fingerprint density at radius 1 is 1.29 bits per heavy atom. The molecule has 0 bridgehead atoms. The van der Waals surface area contributed by atoms with Gasteiger partial charge in [-0.3, -0.25) is 4.79 Å². The van der Waals surface area contributed by atoms with Crippen molar-refractivity contribution in [3.63, 3.8) is 0 Å². The van der Waals surface area contributed by atoms with E-state index in [2.05, 4.69) is 20.8 Å². The van der Waals surface area contributed by atoms with Crippen LogP contribution in [0.5, 0.6) is 0 Å². The molecule has 1 aliphatic rings. The minimum Gasteiger partial charge on any atom is -0.300 e. The molecule has 1 fully saturated rings. The molecule has 1 aliphatic carbocycles. The van der Waals surface area contributed by atoms with Crippen LogP contribution in [-0.2, 0) is 4.79 Å². The second-order valence-electron chi connectivity index (χ2n) is 6.16. The number of Topliss-reactive ketones (excluding diaryl/α,β-unsaturated/α-hetero) is 1. The van der Waals surface area contributed by atoms with E-state index in [-0.39, 0.29) is 6.39 Å². The molecule has 0 aliphatic heterocycles. The molecule has 0 heterocycles. The molecule has 3 atom stereocenters. The molecule has 9 heteroatoms. The molecule has 100 valence electrons. The lowest BCUT2D eigenvalue weighted by atomic mass is 8.78. The first kappa shape index (κ1) is 21.2. The Morgan fingerprint density at radius 3 is 2.24 bits per heavy atom. The fourth-order valence-electron chi connectivity index (χ4n) is 2.87. The van der Waals surface area contributed by atoms with Crippen molar-refractivity contribution >= 4 is 63.6 Å². The second-order valence-corrected chi connectivity index (χ2v) is 6.16. The standard InChI is InChI=1S/C12H22O.B8/c1-4-5-9(2)6-11-8-12(13)7-10(11)3;1-4-7-8(5-2)6-3/h9-11H,4-8H2,1-3H3;. The number of hydrogen-bond donors (Lipinski definition) is 0. The van der Waals surface area contributed by atoms with Crippen molar-refractivity contribution in [2.45, 2.75) is 52.9 Å². The summed E-state index contributed by atoms with van der Waals surface area (Å²) >= 11 is 0. The third-order valence-electron chi connectivity index (χ3n) is 4.11. The Bertz CT molecular complexity index is 274. The van der Waals surface area contributed by atoms with Crippen LogP contribution in [0.1, 0.15) is 52.9 Å². The van der Waals surface area contributed by atoms with Crippen LogP contribution < -0.4 is 0 Å². The Morgan fingerprint density at radius 2 is 1.90 bits per heavy atom. The normalized spacial score (nSPS) is 21.8. The zero-order valence-corrected chi connectivity index (χ0v) is 13.8. The molecule has 0 saturated heterocycles. The quantitative estimate of drug-likeness (QED) is 0.582. The highest BCUT2D eigenvalue weighted by atomic mass is 16.1. The lowest BCUT2D eigenvalue weighted by Crippen LogP contribution is -2.41. The van der Waals surface area contributed by atoms with Gasteiger partial charge in [0, 0.05) is 70.7 Å². The van der Waals surface area contributed by atoms with Gasteiger partial charge in [-0.15, -0.1) is 0 Å². The van der Waals surface area contributed by atoms with E-state index in [4.69, 9.17) is 23.2 Å². The van der Waals surface area contributed by atoms with E-state index in [9.17, 15) is 4.79 Å². The largest absolute Gasteiger partial charge is 0.300 e. The molecule has 21 heavy (non-hydrogen) atoms. The maximum atomic E-state index is 11.2. The van der Waals surface area contributed by atoms with Crippen LogP contribution in [0.15, 0.2) is 0 Å². The third kappa shape index (κ3) is 9.74. The number of hydrogen-bond acceptors (Lipinski definition) is 1. The average Bonchev–Trinajstić information content (AvgIpc) is 2.75. The average molecular weight is 269 g/mol. The van der Waals surface area contributed by atoms with Gasteiger partial charge in [0.1, 0.15) is 5.78 Å². The molecule has 0 aromatic rings. The Labute approximate surface area is 139 Å². The van der Waals surface area contributed by atoms with Gasteiger partial charge in [0.2, 0.25) is 0 Å². The van der Waals surface area contributed by atoms with Gasteiger partial charge in [-0.25, -0.2) is 0 Å². The van der Waals surface area contributed by atoms with Crippen LogP contribution >= 0.6 is 0 Å². The van der Waals surface area contributed by atoms with Crippen molar-refractivity contribution in [1.82, 2.24) is 0 Å². The van der Waals surface area contributed by atoms with Crippen molar-refractivity contribution in [2.75, 3.05) is 0 Å². The van der Waals surface area contributed by atoms with Crippen molar-refractivity contribution in [3.05, 3.63) is 0 Å². The van der Waals surface area contributed by atoms with Crippen LogP contribution in [0, 0.1) is 17.8 Å². The number of rotatable bonds is 8. The van der Waals surface area contributed by atoms with Crippen LogP contribution in [0.25, 0.3) is 0 Å². The number of carbonyl (C=O) groups is 1. The first-order valence-electron chi connectivity index (χ1n) is 7.98. The van der Waals surface area contributed by atoms with Crippen LogP contribution in [-0.4, -0.2) is 63.6 Å². The summed E-state index contributed by atoms with van der Waals surface area (Å²) in [5, 5.41) is 0. The highest BCUT2D eigenvalue weighted by molar-refractivity contribution is 7.79. The summed E-state index contributed by atoms with van der Waals surface area (Å²) in [7, 11) is 21.3. The zero-order valence-electron chi connectivity index (χ0n) is 13.8. The molecule has 10 radical (unpaired) electrons. The smallest absolute Gasteiger partial charge is 0.133 e. The fraction of sp³-hybridized carbons (Fsp3) is 0.917. The molecular formula is C12H22B8O. The highest BCUT2D eigenvalue weighted by Gasteiger charge is 2.30. The Hall–Kier alpha value is 0.189. The molecule has 1 rings (SSSR count). The molecule has 3 unspecified atom stereocenters. The SMILES string of the molecule is CCCC(C)CC1CC(=O)CC1C.[B][B][B]B([B][B])[B][B]. The van der Waals surface area contributed by atoms with Gasteiger partial charge in [0.25, 0.3) is 0 Å². The third-order valence-corrected chi connectivity index (χ3v) is 4.11. The molecular weight excluding hydrogens is 247 g/mol. The van der Waals surface area contributed by atoms with E-state index in [0.717, 1.165) is 18.8 Å². The van der Waals surface area contributed by atoms with E-state index < -0.39 is 0 Å². The summed E-state index contributed by atoms with van der Waals surface area (Å²) < 4.78 is 0. The monoisotopic (exact) mass is 270 g/mol. The maximum absolute atomic E-state index is 11.2. The summed E-state index contributed by atoms with van der Waals surface area (Å²) in [5.74, 6) is 2.63. The van der Waals surface area contributed by atoms with Gasteiger partial charge in [-0.05, 0) is 24.2 Å². The van der Waals surface area contributed by atoms with E-state index in [0.29, 0.717) is 17.6 Å². The van der Waals surface area contributed by atoms with Crippen molar-refractivity contribution in [3.8, 4) is 0 Å². The van der Waals surface area contributed by atoms with E-state index in [1.54, 1.807) is 7.06 Å². The van der Waals surface area contributed by atoms with Gasteiger partial charge in [-0.2, -0.15) is 0 Å². The highest BCUT2D eigenvalue weighted by Crippen LogP contribution is 2.34. The summed E-state index contributed by atoms with van der Waals surface area (Å²) in [6, 6.07) is 0. The summed E-state index contributed by atoms with van der Waals surface area (Å²) in [5.41, 5.74) is 0. The zero-order chi connectivity index (χ0) is 16.3. The van der Waals surface area contributed by atoms with Crippen LogP contribution in [0.3, 0.4) is 0 Å². The van der Waals surface area contributed by atoms with E-state index >= 15 is 0 Å². The molecule has 0 aromatic heterocycles. The first-order chi connectivity index (χ1) is 9.98. The minimum absolute atomic E-state index is 0.000000000000000222. The van der Waals surface area contributed by atoms with Crippen molar-refractivity contribution < 1.29 is 4.79 Å². The lowest BCUT2D eigenvalue weighted by Gasteiger charge is -2.18. The van der Waals surface area contributed by atoms with Crippen molar-refractivity contribution in [1.29, 1.82) is 0 Å². The lowest BCUT2D eigenvalue weighted by molar-refractivity contribution is -0.117. The summed E-state index contributed by atoms with van der Waals surface area (Å²) in [6.45, 7) is 6.78. The van der Waals surface area contributed by atoms with Gasteiger partial charge in [0.15, 0.2) is 0 Å². The number of carbonyl (C=O) groups excluding carboxylic acids is 1. The van der Waals surface area contributed by atoms with Gasteiger partial charge >= 0.3 is 0 Å². The second kappa shape index (κ2) is 12.7. The van der Waals surface area contributed by atoms with Crippen LogP contribution in [0.4, 0.5) is 0 Å². The number of ketones is 1. The molecule has 0 N–H and O–H groups in total. The fourth-order valence-corrected chi connectivity index (χ4v) is 2.87. The Kier molecular flexibility index (Phi) is 12.8. The predicted molar refractivity (Wildman–Crippen MR) is 102 cm³/mol. The van der Waals surface area contributed by atoms with Gasteiger partial charge in [0.05, 0.1) is 0 Å². The van der Waals surface area contributed by atoms with Gasteiger partial charge in [-0.1, -0.05) is 33.6 Å². The molecule has 0 aromatic carbocycles. The van der Waals surface area contributed by atoms with Gasteiger partial charge < -0.3 is 0 Å². The van der Waals surface area contributed by atoms with E-state index in [1.165, 1.54) is 40.4 Å². The predicted octanol–water partition coefficient (Wildman–Crippen LogP) is 0.381. The van der Waals surface area contributed by atoms with Crippen LogP contribution in [0.2, 0.25) is 0 Å². The minimum atomic E-state index is -0.000000000000000222. The van der Waals surface area contributed by atoms with Crippen molar-refractivity contribution in [2.24, 2.45) is 17.8 Å². The summed E-state index contributed by atoms with van der Waals surface area (Å²) in [4.78, 5) is 11.2. The first-order valence-corrected chi connectivity index (χ1v) is 7.98.